The molecule has 1 aromatic heterocycles. The van der Waals surface area contributed by atoms with Gasteiger partial charge in [0.05, 0.1) is 16.8 Å². The van der Waals surface area contributed by atoms with Crippen molar-refractivity contribution in [1.29, 1.82) is 0 Å². The lowest BCUT2D eigenvalue weighted by Crippen LogP contribution is -2.36. The molecule has 1 saturated heterocycles. The van der Waals surface area contributed by atoms with Crippen LogP contribution in [-0.2, 0) is 4.74 Å². The zero-order chi connectivity index (χ0) is 14.3. The Morgan fingerprint density at radius 2 is 1.95 bits per heavy atom. The van der Waals surface area contributed by atoms with E-state index >= 15 is 0 Å². The maximum absolute atomic E-state index is 11.5. The third-order valence-corrected chi connectivity index (χ3v) is 5.53. The highest BCUT2D eigenvalue weighted by molar-refractivity contribution is 7.18. The first-order valence-electron chi connectivity index (χ1n) is 7.11. The van der Waals surface area contributed by atoms with Crippen LogP contribution in [0.4, 0.5) is 10.7 Å². The zero-order valence-electron chi connectivity index (χ0n) is 11.7. The summed E-state index contributed by atoms with van der Waals surface area (Å²) in [5.74, 6) is 0.113. The Labute approximate surface area is 122 Å². The number of methoxy groups -OCH3 is 1. The molecule has 0 bridgehead atoms. The van der Waals surface area contributed by atoms with Gasteiger partial charge >= 0.3 is 0 Å². The highest BCUT2D eigenvalue weighted by Crippen LogP contribution is 2.52. The summed E-state index contributed by atoms with van der Waals surface area (Å²) in [4.78, 5) is 14.4. The Kier molecular flexibility index (Phi) is 3.60. The monoisotopic (exact) mass is 295 g/mol. The summed E-state index contributed by atoms with van der Waals surface area (Å²) >= 11 is 1.46. The van der Waals surface area contributed by atoms with E-state index in [1.165, 1.54) is 29.7 Å². The van der Waals surface area contributed by atoms with Gasteiger partial charge in [0.1, 0.15) is 4.88 Å². The fraction of sp³-hybridized carbons (Fsp3) is 0.643. The molecule has 3 rings (SSSR count). The summed E-state index contributed by atoms with van der Waals surface area (Å²) in [7, 11) is 1.77. The summed E-state index contributed by atoms with van der Waals surface area (Å²) in [6.07, 6.45) is 4.72. The maximum atomic E-state index is 11.5. The van der Waals surface area contributed by atoms with Crippen molar-refractivity contribution in [3.63, 3.8) is 0 Å². The molecule has 1 aromatic rings. The lowest BCUT2D eigenvalue weighted by atomic mass is 10.1. The van der Waals surface area contributed by atoms with Crippen molar-refractivity contribution in [3.8, 4) is 0 Å². The van der Waals surface area contributed by atoms with Crippen LogP contribution in [0.1, 0.15) is 46.8 Å². The quantitative estimate of drug-likeness (QED) is 0.889. The molecule has 1 saturated carbocycles. The number of anilines is 2. The van der Waals surface area contributed by atoms with Crippen LogP contribution in [-0.4, -0.2) is 32.2 Å². The Bertz CT molecular complexity index is 517. The normalized spacial score (nSPS) is 20.4. The Morgan fingerprint density at radius 1 is 1.30 bits per heavy atom. The Hall–Kier alpha value is -1.27. The van der Waals surface area contributed by atoms with E-state index in [-0.39, 0.29) is 0 Å². The predicted molar refractivity (Wildman–Crippen MR) is 81.5 cm³/mol. The van der Waals surface area contributed by atoms with Gasteiger partial charge in [-0.3, -0.25) is 4.79 Å². The van der Waals surface area contributed by atoms with E-state index in [9.17, 15) is 4.79 Å². The number of nitrogens with two attached hydrogens (primary N) is 2. The maximum Gasteiger partial charge on any atom is 0.260 e. The number of hydrogen-bond acceptors (Lipinski definition) is 5. The van der Waals surface area contributed by atoms with Crippen LogP contribution in [0.2, 0.25) is 0 Å². The van der Waals surface area contributed by atoms with Gasteiger partial charge in [-0.25, -0.2) is 0 Å². The Balaban J connectivity index is 1.89. The average Bonchev–Trinajstić information content (AvgIpc) is 3.22. The van der Waals surface area contributed by atoms with Crippen molar-refractivity contribution in [1.82, 2.24) is 0 Å². The van der Waals surface area contributed by atoms with Gasteiger partial charge < -0.3 is 21.1 Å². The fourth-order valence-corrected chi connectivity index (χ4v) is 4.14. The van der Waals surface area contributed by atoms with Gasteiger partial charge in [-0.2, -0.15) is 0 Å². The zero-order valence-corrected chi connectivity index (χ0v) is 12.5. The van der Waals surface area contributed by atoms with Crippen LogP contribution >= 0.6 is 11.3 Å². The van der Waals surface area contributed by atoms with Crippen LogP contribution in [0.25, 0.3) is 0 Å². The molecule has 1 aliphatic heterocycles. The van der Waals surface area contributed by atoms with E-state index < -0.39 is 5.91 Å². The molecule has 0 aromatic carbocycles. The predicted octanol–water partition coefficient (Wildman–Crippen LogP) is 1.92. The molecule has 0 unspecified atom stereocenters. The van der Waals surface area contributed by atoms with Gasteiger partial charge in [0.25, 0.3) is 5.91 Å². The molecule has 2 fully saturated rings. The van der Waals surface area contributed by atoms with Crippen LogP contribution < -0.4 is 16.4 Å². The summed E-state index contributed by atoms with van der Waals surface area (Å²) < 4.78 is 5.41. The molecule has 110 valence electrons. The number of hydrogen-bond donors (Lipinski definition) is 2. The third-order valence-electron chi connectivity index (χ3n) is 4.24. The lowest BCUT2D eigenvalue weighted by Gasteiger charge is -2.32. The molecule has 0 spiro atoms. The van der Waals surface area contributed by atoms with Crippen molar-refractivity contribution in [2.75, 3.05) is 30.8 Å². The molecule has 4 N–H and O–H groups in total. The summed E-state index contributed by atoms with van der Waals surface area (Å²) in [5.41, 5.74) is 13.4. The van der Waals surface area contributed by atoms with Gasteiger partial charge in [0.15, 0.2) is 0 Å². The number of nitrogen functional groups attached to an aromatic ring is 1. The highest BCUT2D eigenvalue weighted by atomic mass is 32.1. The number of carbonyl (C=O) groups excluding carboxylic acids is 1. The van der Waals surface area contributed by atoms with E-state index in [0.717, 1.165) is 30.9 Å². The van der Waals surface area contributed by atoms with Crippen molar-refractivity contribution in [2.24, 2.45) is 5.73 Å². The summed E-state index contributed by atoms with van der Waals surface area (Å²) in [6.45, 7) is 1.91. The molecule has 2 aliphatic rings. The van der Waals surface area contributed by atoms with Gasteiger partial charge in [0.2, 0.25) is 0 Å². The number of piperidine rings is 1. The first kappa shape index (κ1) is 13.7. The number of primary amides is 1. The molecule has 6 heteroatoms. The van der Waals surface area contributed by atoms with Crippen molar-refractivity contribution < 1.29 is 9.53 Å². The molecular weight excluding hydrogens is 274 g/mol. The van der Waals surface area contributed by atoms with Crippen LogP contribution in [0.5, 0.6) is 0 Å². The second-order valence-electron chi connectivity index (χ2n) is 5.62. The third kappa shape index (κ3) is 2.38. The molecule has 0 atom stereocenters. The van der Waals surface area contributed by atoms with Crippen LogP contribution in [0, 0.1) is 0 Å². The number of thiophene rings is 1. The first-order chi connectivity index (χ1) is 9.61. The van der Waals surface area contributed by atoms with Gasteiger partial charge in [-0.1, -0.05) is 0 Å². The van der Waals surface area contributed by atoms with E-state index in [4.69, 9.17) is 16.2 Å². The number of rotatable bonds is 4. The summed E-state index contributed by atoms with van der Waals surface area (Å²) in [6, 6.07) is 0. The van der Waals surface area contributed by atoms with E-state index in [2.05, 4.69) is 4.90 Å². The number of nitrogens with zero attached hydrogens (tertiary/aromatic N) is 1. The molecule has 0 radical (unpaired) electrons. The van der Waals surface area contributed by atoms with Crippen LogP contribution in [0.3, 0.4) is 0 Å². The second kappa shape index (κ2) is 5.26. The molecule has 20 heavy (non-hydrogen) atoms. The minimum absolute atomic E-state index is 0.351. The number of ether oxygens (including phenoxy) is 1. The minimum atomic E-state index is -0.410. The van der Waals surface area contributed by atoms with Crippen LogP contribution in [0.15, 0.2) is 0 Å². The largest absolute Gasteiger partial charge is 0.397 e. The topological polar surface area (TPSA) is 81.6 Å². The lowest BCUT2D eigenvalue weighted by molar-refractivity contribution is 0.0820. The number of amides is 1. The first-order valence-corrected chi connectivity index (χ1v) is 7.93. The van der Waals surface area contributed by atoms with Crippen molar-refractivity contribution in [2.45, 2.75) is 37.7 Å². The minimum Gasteiger partial charge on any atom is -0.397 e. The molecule has 5 nitrogen and oxygen atoms in total. The van der Waals surface area contributed by atoms with E-state index in [1.54, 1.807) is 7.11 Å². The number of carbonyl (C=O) groups is 1. The molecule has 1 amide bonds. The SMILES string of the molecule is COC1CCN(c2sc(C(N)=O)c(N)c2C2CC2)CC1. The van der Waals surface area contributed by atoms with E-state index in [0.29, 0.717) is 22.6 Å². The molecule has 1 aliphatic carbocycles. The average molecular weight is 295 g/mol. The smallest absolute Gasteiger partial charge is 0.260 e. The van der Waals surface area contributed by atoms with Crippen molar-refractivity contribution >= 4 is 27.9 Å². The molecular formula is C14H21N3O2S. The standard InChI is InChI=1S/C14H21N3O2S/c1-19-9-4-6-17(7-5-9)14-10(8-2-3-8)11(15)12(20-14)13(16)18/h8-9H,2-7,15H2,1H3,(H2,16,18). The Morgan fingerprint density at radius 3 is 2.45 bits per heavy atom. The van der Waals surface area contributed by atoms with E-state index in [1.807, 2.05) is 0 Å². The van der Waals surface area contributed by atoms with Gasteiger partial charge in [0, 0.05) is 25.8 Å². The van der Waals surface area contributed by atoms with Gasteiger partial charge in [-0.05, 0) is 31.6 Å². The van der Waals surface area contributed by atoms with Crippen molar-refractivity contribution in [3.05, 3.63) is 10.4 Å². The van der Waals surface area contributed by atoms with Gasteiger partial charge in [-0.15, -0.1) is 11.3 Å². The second-order valence-corrected chi connectivity index (χ2v) is 6.62. The highest BCUT2D eigenvalue weighted by Gasteiger charge is 2.35. The fourth-order valence-electron chi connectivity index (χ4n) is 2.92. The summed E-state index contributed by atoms with van der Waals surface area (Å²) in [5, 5.41) is 1.16. The molecule has 2 heterocycles.